The van der Waals surface area contributed by atoms with E-state index in [9.17, 15) is 4.79 Å². The van der Waals surface area contributed by atoms with Crippen LogP contribution in [0.15, 0.2) is 24.4 Å². The highest BCUT2D eigenvalue weighted by molar-refractivity contribution is 5.82. The van der Waals surface area contributed by atoms with Crippen LogP contribution in [0, 0.1) is 0 Å². The number of hydrogen-bond acceptors (Lipinski definition) is 4. The Bertz CT molecular complexity index is 659. The topological polar surface area (TPSA) is 59.4 Å². The summed E-state index contributed by atoms with van der Waals surface area (Å²) in [4.78, 5) is 18.9. The van der Waals surface area contributed by atoms with E-state index in [0.717, 1.165) is 43.2 Å². The van der Waals surface area contributed by atoms with Gasteiger partial charge in [0.1, 0.15) is 18.0 Å². The third kappa shape index (κ3) is 3.22. The van der Waals surface area contributed by atoms with Crippen LogP contribution in [0.2, 0.25) is 0 Å². The van der Waals surface area contributed by atoms with Crippen molar-refractivity contribution in [3.05, 3.63) is 24.4 Å². The number of morpholine rings is 1. The molecular formula is C16H22N4O2. The largest absolute Gasteiger partial charge is 0.378 e. The third-order valence-corrected chi connectivity index (χ3v) is 3.70. The molecule has 6 nitrogen and oxygen atoms in total. The van der Waals surface area contributed by atoms with Crippen LogP contribution >= 0.6 is 0 Å². The first-order valence-corrected chi connectivity index (χ1v) is 7.71. The molecule has 0 saturated carbocycles. The maximum Gasteiger partial charge on any atom is 0.240 e. The molecule has 0 aliphatic carbocycles. The molecule has 1 saturated heterocycles. The van der Waals surface area contributed by atoms with Gasteiger partial charge in [0.15, 0.2) is 0 Å². The molecule has 22 heavy (non-hydrogen) atoms. The van der Waals surface area contributed by atoms with Crippen molar-refractivity contribution in [3.63, 3.8) is 0 Å². The molecule has 0 atom stereocenters. The van der Waals surface area contributed by atoms with Crippen molar-refractivity contribution in [3.8, 4) is 0 Å². The Labute approximate surface area is 130 Å². The Balaban J connectivity index is 1.83. The number of nitrogens with one attached hydrogen (secondary N) is 1. The van der Waals surface area contributed by atoms with Crippen molar-refractivity contribution in [1.29, 1.82) is 0 Å². The van der Waals surface area contributed by atoms with Gasteiger partial charge in [0, 0.05) is 30.7 Å². The van der Waals surface area contributed by atoms with Crippen LogP contribution in [-0.2, 0) is 16.1 Å². The van der Waals surface area contributed by atoms with Gasteiger partial charge in [-0.25, -0.2) is 4.98 Å². The molecule has 2 aromatic rings. The number of rotatable bonds is 4. The number of amides is 1. The zero-order valence-corrected chi connectivity index (χ0v) is 13.1. The Kier molecular flexibility index (Phi) is 4.29. The van der Waals surface area contributed by atoms with Crippen LogP contribution in [-0.4, -0.2) is 47.8 Å². The van der Waals surface area contributed by atoms with E-state index in [1.165, 1.54) is 0 Å². The lowest BCUT2D eigenvalue weighted by molar-refractivity contribution is -0.122. The van der Waals surface area contributed by atoms with E-state index in [-0.39, 0.29) is 11.9 Å². The normalized spacial score (nSPS) is 15.5. The Morgan fingerprint density at radius 3 is 2.82 bits per heavy atom. The SMILES string of the molecule is CC(C)NC(=O)Cn1ccc2ccc(N3CCOCC3)nc21. The van der Waals surface area contributed by atoms with Gasteiger partial charge in [-0.15, -0.1) is 0 Å². The molecule has 0 aromatic carbocycles. The smallest absolute Gasteiger partial charge is 0.240 e. The third-order valence-electron chi connectivity index (χ3n) is 3.70. The summed E-state index contributed by atoms with van der Waals surface area (Å²) >= 11 is 0. The fourth-order valence-electron chi connectivity index (χ4n) is 2.67. The summed E-state index contributed by atoms with van der Waals surface area (Å²) in [6.45, 7) is 7.39. The first-order valence-electron chi connectivity index (χ1n) is 7.71. The van der Waals surface area contributed by atoms with Crippen LogP contribution in [0.3, 0.4) is 0 Å². The highest BCUT2D eigenvalue weighted by atomic mass is 16.5. The molecule has 1 aliphatic rings. The summed E-state index contributed by atoms with van der Waals surface area (Å²) in [5, 5.41) is 3.96. The van der Waals surface area contributed by atoms with Gasteiger partial charge in [-0.1, -0.05) is 0 Å². The molecule has 3 rings (SSSR count). The number of pyridine rings is 1. The van der Waals surface area contributed by atoms with E-state index < -0.39 is 0 Å². The van der Waals surface area contributed by atoms with E-state index in [4.69, 9.17) is 9.72 Å². The van der Waals surface area contributed by atoms with Crippen LogP contribution < -0.4 is 10.2 Å². The lowest BCUT2D eigenvalue weighted by atomic mass is 10.3. The molecule has 1 amide bonds. The molecule has 1 fully saturated rings. The second kappa shape index (κ2) is 6.36. The zero-order chi connectivity index (χ0) is 15.5. The molecule has 118 valence electrons. The van der Waals surface area contributed by atoms with Crippen LogP contribution in [0.5, 0.6) is 0 Å². The van der Waals surface area contributed by atoms with Crippen molar-refractivity contribution >= 4 is 22.8 Å². The first kappa shape index (κ1) is 14.8. The monoisotopic (exact) mass is 302 g/mol. The van der Waals surface area contributed by atoms with Crippen LogP contribution in [0.1, 0.15) is 13.8 Å². The Morgan fingerprint density at radius 1 is 1.32 bits per heavy atom. The summed E-state index contributed by atoms with van der Waals surface area (Å²) in [6.07, 6.45) is 1.92. The molecule has 3 heterocycles. The lowest BCUT2D eigenvalue weighted by Gasteiger charge is -2.27. The standard InChI is InChI=1S/C16H22N4O2/c1-12(2)17-15(21)11-20-6-5-13-3-4-14(18-16(13)20)19-7-9-22-10-8-19/h3-6,12H,7-11H2,1-2H3,(H,17,21). The number of ether oxygens (including phenoxy) is 1. The van der Waals surface area contributed by atoms with Crippen molar-refractivity contribution in [2.24, 2.45) is 0 Å². The fourth-order valence-corrected chi connectivity index (χ4v) is 2.67. The Hall–Kier alpha value is -2.08. The summed E-state index contributed by atoms with van der Waals surface area (Å²) < 4.78 is 7.28. The maximum absolute atomic E-state index is 12.0. The molecule has 1 aliphatic heterocycles. The highest BCUT2D eigenvalue weighted by Gasteiger charge is 2.14. The molecule has 0 radical (unpaired) electrons. The number of anilines is 1. The zero-order valence-electron chi connectivity index (χ0n) is 13.1. The van der Waals surface area contributed by atoms with Gasteiger partial charge < -0.3 is 19.5 Å². The van der Waals surface area contributed by atoms with E-state index in [2.05, 4.69) is 16.3 Å². The molecule has 0 unspecified atom stereocenters. The predicted molar refractivity (Wildman–Crippen MR) is 86.0 cm³/mol. The number of fused-ring (bicyclic) bond motifs is 1. The molecular weight excluding hydrogens is 280 g/mol. The summed E-state index contributed by atoms with van der Waals surface area (Å²) in [5.41, 5.74) is 0.850. The number of hydrogen-bond donors (Lipinski definition) is 1. The number of aromatic nitrogens is 2. The minimum absolute atomic E-state index is 0.00563. The summed E-state index contributed by atoms with van der Waals surface area (Å²) in [5.74, 6) is 0.950. The number of nitrogens with zero attached hydrogens (tertiary/aromatic N) is 3. The lowest BCUT2D eigenvalue weighted by Crippen LogP contribution is -2.36. The van der Waals surface area contributed by atoms with Gasteiger partial charge in [0.2, 0.25) is 5.91 Å². The van der Waals surface area contributed by atoms with Gasteiger partial charge >= 0.3 is 0 Å². The fraction of sp³-hybridized carbons (Fsp3) is 0.500. The molecule has 2 aromatic heterocycles. The summed E-state index contributed by atoms with van der Waals surface area (Å²) in [7, 11) is 0. The minimum Gasteiger partial charge on any atom is -0.378 e. The average Bonchev–Trinajstić information content (AvgIpc) is 2.89. The van der Waals surface area contributed by atoms with Crippen molar-refractivity contribution < 1.29 is 9.53 Å². The maximum atomic E-state index is 12.0. The molecule has 6 heteroatoms. The van der Waals surface area contributed by atoms with Crippen LogP contribution in [0.4, 0.5) is 5.82 Å². The minimum atomic E-state index is 0.00563. The second-order valence-electron chi connectivity index (χ2n) is 5.85. The van der Waals surface area contributed by atoms with Crippen molar-refractivity contribution in [1.82, 2.24) is 14.9 Å². The molecule has 0 bridgehead atoms. The number of carbonyl (C=O) groups excluding carboxylic acids is 1. The predicted octanol–water partition coefficient (Wildman–Crippen LogP) is 1.40. The Morgan fingerprint density at radius 2 is 2.09 bits per heavy atom. The van der Waals surface area contributed by atoms with E-state index in [0.29, 0.717) is 6.54 Å². The highest BCUT2D eigenvalue weighted by Crippen LogP contribution is 2.20. The molecule has 1 N–H and O–H groups in total. The van der Waals surface area contributed by atoms with Gasteiger partial charge in [-0.2, -0.15) is 0 Å². The van der Waals surface area contributed by atoms with Gasteiger partial charge in [0.05, 0.1) is 13.2 Å². The first-order chi connectivity index (χ1) is 10.6. The number of carbonyl (C=O) groups is 1. The summed E-state index contributed by atoms with van der Waals surface area (Å²) in [6, 6.07) is 6.23. The van der Waals surface area contributed by atoms with Gasteiger partial charge in [0.25, 0.3) is 0 Å². The van der Waals surface area contributed by atoms with E-state index in [1.54, 1.807) is 0 Å². The average molecular weight is 302 g/mol. The van der Waals surface area contributed by atoms with Crippen molar-refractivity contribution in [2.45, 2.75) is 26.4 Å². The van der Waals surface area contributed by atoms with Gasteiger partial charge in [-0.05, 0) is 32.0 Å². The van der Waals surface area contributed by atoms with Crippen molar-refractivity contribution in [2.75, 3.05) is 31.2 Å². The van der Waals surface area contributed by atoms with E-state index in [1.807, 2.05) is 36.7 Å². The van der Waals surface area contributed by atoms with E-state index >= 15 is 0 Å². The second-order valence-corrected chi connectivity index (χ2v) is 5.85. The quantitative estimate of drug-likeness (QED) is 0.927. The van der Waals surface area contributed by atoms with Crippen LogP contribution in [0.25, 0.3) is 11.0 Å². The molecule has 0 spiro atoms. The van der Waals surface area contributed by atoms with Gasteiger partial charge in [-0.3, -0.25) is 4.79 Å².